The van der Waals surface area contributed by atoms with Crippen molar-refractivity contribution >= 4 is 17.2 Å². The summed E-state index contributed by atoms with van der Waals surface area (Å²) in [4.78, 5) is 19.4. The van der Waals surface area contributed by atoms with Crippen molar-refractivity contribution in [3.63, 3.8) is 0 Å². The Balaban J connectivity index is 1.75. The molecule has 0 radical (unpaired) electrons. The zero-order chi connectivity index (χ0) is 19.1. The number of unbranched alkanes of at least 4 members (excludes halogenated alkanes) is 2. The molecule has 0 fully saturated rings. The molecule has 0 saturated carbocycles. The quantitative estimate of drug-likeness (QED) is 0.521. The number of nitrogens with zero attached hydrogens (tertiary/aromatic N) is 4. The number of rotatable bonds is 9. The Morgan fingerprint density at radius 1 is 1.11 bits per heavy atom. The summed E-state index contributed by atoms with van der Waals surface area (Å²) in [6.45, 7) is 5.89. The van der Waals surface area contributed by atoms with Gasteiger partial charge in [0.05, 0.1) is 11.9 Å². The molecule has 3 aromatic rings. The van der Waals surface area contributed by atoms with E-state index in [-0.39, 0.29) is 5.91 Å². The molecule has 27 heavy (non-hydrogen) atoms. The molecule has 1 amide bonds. The third-order valence-corrected chi connectivity index (χ3v) is 5.32. The van der Waals surface area contributed by atoms with Gasteiger partial charge in [0.1, 0.15) is 10.7 Å². The van der Waals surface area contributed by atoms with Gasteiger partial charge in [0.25, 0.3) is 5.91 Å². The maximum absolute atomic E-state index is 12.9. The van der Waals surface area contributed by atoms with Gasteiger partial charge in [-0.05, 0) is 25.0 Å². The lowest BCUT2D eigenvalue weighted by molar-refractivity contribution is 0.0746. The van der Waals surface area contributed by atoms with Crippen LogP contribution in [0, 0.1) is 0 Å². The van der Waals surface area contributed by atoms with E-state index in [9.17, 15) is 4.79 Å². The fourth-order valence-corrected chi connectivity index (χ4v) is 3.60. The van der Waals surface area contributed by atoms with Crippen LogP contribution in [-0.4, -0.2) is 38.7 Å². The summed E-state index contributed by atoms with van der Waals surface area (Å²) in [6.07, 6.45) is 7.96. The van der Waals surface area contributed by atoms with Gasteiger partial charge in [-0.1, -0.05) is 44.9 Å². The van der Waals surface area contributed by atoms with Crippen LogP contribution in [0.15, 0.2) is 48.1 Å². The first-order valence-corrected chi connectivity index (χ1v) is 10.5. The van der Waals surface area contributed by atoms with Crippen LogP contribution in [0.4, 0.5) is 0 Å². The minimum absolute atomic E-state index is 0.0369. The molecule has 0 aliphatic carbocycles. The summed E-state index contributed by atoms with van der Waals surface area (Å²) in [5.74, 6) is 0.0369. The van der Waals surface area contributed by atoms with E-state index in [1.54, 1.807) is 6.20 Å². The molecule has 2 heterocycles. The first-order chi connectivity index (χ1) is 13.2. The largest absolute Gasteiger partial charge is 0.337 e. The molecule has 2 aromatic heterocycles. The number of para-hydroxylation sites is 1. The number of amides is 1. The number of hydrogen-bond acceptors (Lipinski definition) is 4. The Kier molecular flexibility index (Phi) is 6.76. The van der Waals surface area contributed by atoms with E-state index in [1.807, 2.05) is 51.5 Å². The van der Waals surface area contributed by atoms with E-state index in [1.165, 1.54) is 11.3 Å². The molecular weight excluding hydrogens is 356 g/mol. The first-order valence-electron chi connectivity index (χ1n) is 9.58. The second-order valence-electron chi connectivity index (χ2n) is 6.55. The van der Waals surface area contributed by atoms with Gasteiger partial charge in [0, 0.05) is 30.2 Å². The van der Waals surface area contributed by atoms with Gasteiger partial charge in [0.15, 0.2) is 0 Å². The van der Waals surface area contributed by atoms with Gasteiger partial charge in [-0.15, -0.1) is 11.3 Å². The van der Waals surface area contributed by atoms with Crippen molar-refractivity contribution in [1.82, 2.24) is 19.7 Å². The maximum atomic E-state index is 12.9. The van der Waals surface area contributed by atoms with E-state index >= 15 is 0 Å². The zero-order valence-electron chi connectivity index (χ0n) is 16.0. The highest BCUT2D eigenvalue weighted by Gasteiger charge is 2.19. The van der Waals surface area contributed by atoms with Crippen LogP contribution in [0.3, 0.4) is 0 Å². The van der Waals surface area contributed by atoms with Gasteiger partial charge < -0.3 is 4.90 Å². The van der Waals surface area contributed by atoms with E-state index in [4.69, 9.17) is 0 Å². The van der Waals surface area contributed by atoms with Gasteiger partial charge in [-0.3, -0.25) is 4.79 Å². The van der Waals surface area contributed by atoms with Crippen molar-refractivity contribution < 1.29 is 4.79 Å². The Morgan fingerprint density at radius 3 is 2.48 bits per heavy atom. The molecule has 142 valence electrons. The molecule has 5 nitrogen and oxygen atoms in total. The van der Waals surface area contributed by atoms with E-state index < -0.39 is 0 Å². The van der Waals surface area contributed by atoms with Crippen LogP contribution < -0.4 is 0 Å². The Hall–Kier alpha value is -2.47. The molecule has 0 atom stereocenters. The highest BCUT2D eigenvalue weighted by Crippen LogP contribution is 2.25. The number of hydrogen-bond donors (Lipinski definition) is 0. The van der Waals surface area contributed by atoms with Gasteiger partial charge in [-0.2, -0.15) is 5.10 Å². The number of thiazole rings is 1. The average Bonchev–Trinajstić information content (AvgIpc) is 3.38. The van der Waals surface area contributed by atoms with E-state index in [0.29, 0.717) is 5.69 Å². The molecule has 1 aromatic carbocycles. The normalized spacial score (nSPS) is 10.9. The lowest BCUT2D eigenvalue weighted by Gasteiger charge is -2.21. The summed E-state index contributed by atoms with van der Waals surface area (Å²) in [6, 6.07) is 9.96. The highest BCUT2D eigenvalue weighted by atomic mass is 32.1. The third kappa shape index (κ3) is 4.83. The maximum Gasteiger partial charge on any atom is 0.273 e. The topological polar surface area (TPSA) is 51.0 Å². The first kappa shape index (κ1) is 19.3. The van der Waals surface area contributed by atoms with Crippen LogP contribution >= 0.6 is 11.3 Å². The number of benzene rings is 1. The van der Waals surface area contributed by atoms with Crippen molar-refractivity contribution in [2.45, 2.75) is 39.5 Å². The molecule has 6 heteroatoms. The minimum atomic E-state index is 0.0369. The van der Waals surface area contributed by atoms with Crippen LogP contribution in [0.1, 0.15) is 50.0 Å². The Labute approximate surface area is 164 Å². The number of carbonyl (C=O) groups is 1. The predicted octanol–water partition coefficient (Wildman–Crippen LogP) is 5.04. The number of carbonyl (C=O) groups excluding carboxylic acids is 1. The van der Waals surface area contributed by atoms with E-state index in [0.717, 1.165) is 55.0 Å². The molecule has 0 spiro atoms. The zero-order valence-corrected chi connectivity index (χ0v) is 16.8. The Morgan fingerprint density at radius 2 is 1.81 bits per heavy atom. The van der Waals surface area contributed by atoms with Crippen LogP contribution in [-0.2, 0) is 0 Å². The van der Waals surface area contributed by atoms with Crippen LogP contribution in [0.25, 0.3) is 16.3 Å². The van der Waals surface area contributed by atoms with Gasteiger partial charge >= 0.3 is 0 Å². The number of aromatic nitrogens is 3. The third-order valence-electron chi connectivity index (χ3n) is 4.42. The molecule has 3 rings (SSSR count). The SMILES string of the molecule is CCCCN(CCCC)C(=O)c1csc(-c2cnn(-c3ccccc3)c2)n1. The fraction of sp³-hybridized carbons (Fsp3) is 0.381. The standard InChI is InChI=1S/C21H26N4OS/c1-3-5-12-24(13-6-4-2)21(26)19-16-27-20(23-19)17-14-22-25(15-17)18-10-8-7-9-11-18/h7-11,14-16H,3-6,12-13H2,1-2H3. The predicted molar refractivity (Wildman–Crippen MR) is 110 cm³/mol. The van der Waals surface area contributed by atoms with Crippen molar-refractivity contribution in [3.05, 3.63) is 53.8 Å². The van der Waals surface area contributed by atoms with Gasteiger partial charge in [0.2, 0.25) is 0 Å². The summed E-state index contributed by atoms with van der Waals surface area (Å²) in [5.41, 5.74) is 2.47. The molecular formula is C21H26N4OS. The molecule has 0 aliphatic heterocycles. The summed E-state index contributed by atoms with van der Waals surface area (Å²) >= 11 is 1.49. The molecule has 0 aliphatic rings. The lowest BCUT2D eigenvalue weighted by Crippen LogP contribution is -2.33. The second kappa shape index (κ2) is 9.46. The summed E-state index contributed by atoms with van der Waals surface area (Å²) < 4.78 is 1.83. The Bertz CT molecular complexity index is 848. The average molecular weight is 383 g/mol. The van der Waals surface area contributed by atoms with Crippen LogP contribution in [0.2, 0.25) is 0 Å². The van der Waals surface area contributed by atoms with Crippen LogP contribution in [0.5, 0.6) is 0 Å². The summed E-state index contributed by atoms with van der Waals surface area (Å²) in [5, 5.41) is 7.11. The van der Waals surface area contributed by atoms with Crippen molar-refractivity contribution in [3.8, 4) is 16.3 Å². The lowest BCUT2D eigenvalue weighted by atomic mass is 10.2. The molecule has 0 unspecified atom stereocenters. The second-order valence-corrected chi connectivity index (χ2v) is 7.40. The minimum Gasteiger partial charge on any atom is -0.337 e. The molecule has 0 saturated heterocycles. The fourth-order valence-electron chi connectivity index (χ4n) is 2.83. The smallest absolute Gasteiger partial charge is 0.273 e. The van der Waals surface area contributed by atoms with Crippen molar-refractivity contribution in [2.75, 3.05) is 13.1 Å². The highest BCUT2D eigenvalue weighted by molar-refractivity contribution is 7.13. The molecule has 0 bridgehead atoms. The van der Waals surface area contributed by atoms with Crippen molar-refractivity contribution in [2.24, 2.45) is 0 Å². The molecule has 0 N–H and O–H groups in total. The summed E-state index contributed by atoms with van der Waals surface area (Å²) in [7, 11) is 0. The van der Waals surface area contributed by atoms with Crippen molar-refractivity contribution in [1.29, 1.82) is 0 Å². The van der Waals surface area contributed by atoms with Gasteiger partial charge in [-0.25, -0.2) is 9.67 Å². The monoisotopic (exact) mass is 382 g/mol. The van der Waals surface area contributed by atoms with E-state index in [2.05, 4.69) is 23.9 Å².